The molecule has 0 atom stereocenters. The molecule has 0 aliphatic heterocycles. The van der Waals surface area contributed by atoms with Gasteiger partial charge in [0.1, 0.15) is 0 Å². The predicted octanol–water partition coefficient (Wildman–Crippen LogP) is 4.38. The van der Waals surface area contributed by atoms with Gasteiger partial charge in [0.2, 0.25) is 0 Å². The first-order valence-electron chi connectivity index (χ1n) is 4.30. The molecule has 0 amide bonds. The third-order valence-corrected chi connectivity index (χ3v) is 2.55. The lowest BCUT2D eigenvalue weighted by Gasteiger charge is -2.22. The first-order valence-corrected chi connectivity index (χ1v) is 5.21. The van der Waals surface area contributed by atoms with E-state index in [0.717, 1.165) is 5.02 Å². The van der Waals surface area contributed by atoms with E-state index in [1.807, 2.05) is 18.2 Å². The van der Waals surface area contributed by atoms with E-state index < -0.39 is 0 Å². The Hall–Kier alpha value is -0.200. The van der Waals surface area contributed by atoms with Gasteiger partial charge in [-0.2, -0.15) is 0 Å². The van der Waals surface area contributed by atoms with Gasteiger partial charge in [0.15, 0.2) is 0 Å². The van der Waals surface area contributed by atoms with Gasteiger partial charge in [0, 0.05) is 10.9 Å². The highest BCUT2D eigenvalue weighted by Crippen LogP contribution is 2.29. The molecule has 72 valence electrons. The maximum atomic E-state index is 5.94. The molecule has 0 saturated heterocycles. The molecule has 1 rings (SSSR count). The Labute approximate surface area is 89.9 Å². The quantitative estimate of drug-likeness (QED) is 0.612. The van der Waals surface area contributed by atoms with Crippen LogP contribution >= 0.6 is 23.2 Å². The van der Waals surface area contributed by atoms with Crippen molar-refractivity contribution in [3.63, 3.8) is 0 Å². The Kier molecular flexibility index (Phi) is 3.26. The van der Waals surface area contributed by atoms with Crippen LogP contribution in [-0.2, 0) is 11.3 Å². The van der Waals surface area contributed by atoms with Crippen LogP contribution in [0.25, 0.3) is 0 Å². The van der Waals surface area contributed by atoms with Crippen molar-refractivity contribution in [3.8, 4) is 0 Å². The molecule has 2 heteroatoms. The minimum Gasteiger partial charge on any atom is -0.122 e. The fourth-order valence-electron chi connectivity index (χ4n) is 1.36. The molecule has 0 N–H and O–H groups in total. The zero-order valence-electron chi connectivity index (χ0n) is 8.20. The van der Waals surface area contributed by atoms with Crippen molar-refractivity contribution in [3.05, 3.63) is 34.3 Å². The lowest BCUT2D eigenvalue weighted by molar-refractivity contribution is 0.585. The minimum absolute atomic E-state index is 0.106. The highest BCUT2D eigenvalue weighted by atomic mass is 35.5. The summed E-state index contributed by atoms with van der Waals surface area (Å²) in [5.41, 5.74) is 2.50. The van der Waals surface area contributed by atoms with Crippen molar-refractivity contribution in [1.29, 1.82) is 0 Å². The minimum atomic E-state index is 0.106. The smallest absolute Gasteiger partial charge is 0.0477 e. The van der Waals surface area contributed by atoms with Gasteiger partial charge in [-0.3, -0.25) is 0 Å². The number of hydrogen-bond donors (Lipinski definition) is 0. The third kappa shape index (κ3) is 2.62. The van der Waals surface area contributed by atoms with Gasteiger partial charge < -0.3 is 0 Å². The summed E-state index contributed by atoms with van der Waals surface area (Å²) in [6.45, 7) is 6.48. The molecule has 0 saturated carbocycles. The van der Waals surface area contributed by atoms with Crippen molar-refractivity contribution < 1.29 is 0 Å². The number of rotatable bonds is 1. The Morgan fingerprint density at radius 3 is 2.31 bits per heavy atom. The van der Waals surface area contributed by atoms with E-state index in [-0.39, 0.29) is 5.41 Å². The van der Waals surface area contributed by atoms with Gasteiger partial charge in [-0.1, -0.05) is 38.4 Å². The lowest BCUT2D eigenvalue weighted by atomic mass is 9.84. The predicted molar refractivity (Wildman–Crippen MR) is 59.7 cm³/mol. The van der Waals surface area contributed by atoms with Crippen LogP contribution in [0.4, 0.5) is 0 Å². The highest BCUT2D eigenvalue weighted by Gasteiger charge is 2.17. The largest absolute Gasteiger partial charge is 0.122 e. The van der Waals surface area contributed by atoms with Crippen molar-refractivity contribution in [2.45, 2.75) is 32.1 Å². The average Bonchev–Trinajstić information content (AvgIpc) is 2.03. The molecule has 1 aromatic rings. The SMILES string of the molecule is CC(C)(C)c1cc(Cl)ccc1CCl. The van der Waals surface area contributed by atoms with Crippen LogP contribution in [0, 0.1) is 0 Å². The van der Waals surface area contributed by atoms with Crippen molar-refractivity contribution in [1.82, 2.24) is 0 Å². The number of benzene rings is 1. The Morgan fingerprint density at radius 2 is 1.85 bits per heavy atom. The van der Waals surface area contributed by atoms with Crippen LogP contribution in [0.15, 0.2) is 18.2 Å². The first-order chi connectivity index (χ1) is 5.95. The summed E-state index contributed by atoms with van der Waals surface area (Å²) in [5.74, 6) is 0.545. The fourth-order valence-corrected chi connectivity index (χ4v) is 1.77. The zero-order valence-corrected chi connectivity index (χ0v) is 9.71. The Morgan fingerprint density at radius 1 is 1.23 bits per heavy atom. The summed E-state index contributed by atoms with van der Waals surface area (Å²) in [7, 11) is 0. The molecule has 13 heavy (non-hydrogen) atoms. The Balaban J connectivity index is 3.24. The zero-order chi connectivity index (χ0) is 10.1. The molecular formula is C11H14Cl2. The van der Waals surface area contributed by atoms with Crippen LogP contribution < -0.4 is 0 Å². The number of alkyl halides is 1. The third-order valence-electron chi connectivity index (χ3n) is 2.02. The number of hydrogen-bond acceptors (Lipinski definition) is 0. The van der Waals surface area contributed by atoms with Crippen LogP contribution in [0.3, 0.4) is 0 Å². The Bertz CT molecular complexity index is 297. The van der Waals surface area contributed by atoms with Crippen molar-refractivity contribution in [2.24, 2.45) is 0 Å². The van der Waals surface area contributed by atoms with Gasteiger partial charge in [0.05, 0.1) is 0 Å². The second-order valence-electron chi connectivity index (χ2n) is 4.19. The molecule has 0 aliphatic rings. The summed E-state index contributed by atoms with van der Waals surface area (Å²) in [6.07, 6.45) is 0. The van der Waals surface area contributed by atoms with E-state index >= 15 is 0 Å². The summed E-state index contributed by atoms with van der Waals surface area (Å²) in [4.78, 5) is 0. The normalized spacial score (nSPS) is 11.8. The molecular weight excluding hydrogens is 203 g/mol. The lowest BCUT2D eigenvalue weighted by Crippen LogP contribution is -2.13. The average molecular weight is 217 g/mol. The molecule has 0 fully saturated rings. The van der Waals surface area contributed by atoms with Gasteiger partial charge in [0.25, 0.3) is 0 Å². The van der Waals surface area contributed by atoms with Gasteiger partial charge >= 0.3 is 0 Å². The topological polar surface area (TPSA) is 0 Å². The summed E-state index contributed by atoms with van der Waals surface area (Å²) >= 11 is 11.8. The van der Waals surface area contributed by atoms with Crippen LogP contribution in [0.2, 0.25) is 5.02 Å². The van der Waals surface area contributed by atoms with E-state index in [2.05, 4.69) is 20.8 Å². The fraction of sp³-hybridized carbons (Fsp3) is 0.455. The first kappa shape index (κ1) is 10.9. The number of halogens is 2. The van der Waals surface area contributed by atoms with E-state index in [9.17, 15) is 0 Å². The molecule has 0 spiro atoms. The van der Waals surface area contributed by atoms with E-state index in [0.29, 0.717) is 5.88 Å². The summed E-state index contributed by atoms with van der Waals surface area (Å²) in [6, 6.07) is 5.88. The van der Waals surface area contributed by atoms with Gasteiger partial charge in [-0.15, -0.1) is 11.6 Å². The monoisotopic (exact) mass is 216 g/mol. The van der Waals surface area contributed by atoms with Crippen LogP contribution in [0.5, 0.6) is 0 Å². The van der Waals surface area contributed by atoms with Crippen molar-refractivity contribution >= 4 is 23.2 Å². The van der Waals surface area contributed by atoms with Crippen LogP contribution in [0.1, 0.15) is 31.9 Å². The van der Waals surface area contributed by atoms with Gasteiger partial charge in [-0.05, 0) is 28.7 Å². The van der Waals surface area contributed by atoms with E-state index in [1.165, 1.54) is 11.1 Å². The van der Waals surface area contributed by atoms with E-state index in [4.69, 9.17) is 23.2 Å². The molecule has 1 aromatic carbocycles. The molecule has 0 radical (unpaired) electrons. The van der Waals surface area contributed by atoms with Crippen molar-refractivity contribution in [2.75, 3.05) is 0 Å². The molecule has 0 heterocycles. The standard InChI is InChI=1S/C11H14Cl2/c1-11(2,3)10-6-9(13)5-4-8(10)7-12/h4-6H,7H2,1-3H3. The summed E-state index contributed by atoms with van der Waals surface area (Å²) in [5, 5.41) is 0.777. The van der Waals surface area contributed by atoms with Gasteiger partial charge in [-0.25, -0.2) is 0 Å². The molecule has 0 nitrogen and oxygen atoms in total. The molecule has 0 bridgehead atoms. The van der Waals surface area contributed by atoms with E-state index in [1.54, 1.807) is 0 Å². The van der Waals surface area contributed by atoms with Crippen LogP contribution in [-0.4, -0.2) is 0 Å². The molecule has 0 aromatic heterocycles. The maximum Gasteiger partial charge on any atom is 0.0477 e. The maximum absolute atomic E-state index is 5.94. The summed E-state index contributed by atoms with van der Waals surface area (Å²) < 4.78 is 0. The second kappa shape index (κ2) is 3.89. The molecule has 0 unspecified atom stereocenters. The highest BCUT2D eigenvalue weighted by molar-refractivity contribution is 6.30. The molecule has 0 aliphatic carbocycles. The second-order valence-corrected chi connectivity index (χ2v) is 4.89.